The predicted molar refractivity (Wildman–Crippen MR) is 59.7 cm³/mol. The van der Waals surface area contributed by atoms with E-state index in [1.165, 1.54) is 0 Å². The van der Waals surface area contributed by atoms with Gasteiger partial charge in [-0.2, -0.15) is 0 Å². The van der Waals surface area contributed by atoms with E-state index in [1.807, 2.05) is 20.8 Å². The van der Waals surface area contributed by atoms with Crippen molar-refractivity contribution >= 4 is 11.7 Å². The lowest BCUT2D eigenvalue weighted by Gasteiger charge is -2.27. The number of amides is 1. The molecule has 0 radical (unpaired) electrons. The summed E-state index contributed by atoms with van der Waals surface area (Å²) in [4.78, 5) is 13.6. The molecule has 0 saturated carbocycles. The van der Waals surface area contributed by atoms with Gasteiger partial charge in [-0.05, 0) is 19.8 Å². The van der Waals surface area contributed by atoms with Gasteiger partial charge in [0.2, 0.25) is 5.91 Å². The van der Waals surface area contributed by atoms with Crippen LogP contribution in [0.4, 0.5) is 0 Å². The highest BCUT2D eigenvalue weighted by Crippen LogP contribution is 2.11. The molecule has 5 heteroatoms. The van der Waals surface area contributed by atoms with Gasteiger partial charge in [0.05, 0.1) is 5.92 Å². The first-order chi connectivity index (χ1) is 6.99. The highest BCUT2D eigenvalue weighted by Gasteiger charge is 2.26. The van der Waals surface area contributed by atoms with Crippen LogP contribution in [0.1, 0.15) is 33.6 Å². The summed E-state index contributed by atoms with van der Waals surface area (Å²) >= 11 is 0. The third kappa shape index (κ3) is 3.42. The van der Waals surface area contributed by atoms with E-state index >= 15 is 0 Å². The van der Waals surface area contributed by atoms with E-state index in [2.05, 4.69) is 5.16 Å². The van der Waals surface area contributed by atoms with Crippen LogP contribution in [0.25, 0.3) is 0 Å². The molecule has 2 atom stereocenters. The average molecular weight is 215 g/mol. The zero-order valence-electron chi connectivity index (χ0n) is 9.90. The van der Waals surface area contributed by atoms with Crippen LogP contribution in [0.5, 0.6) is 0 Å². The Hall–Kier alpha value is -1.26. The summed E-state index contributed by atoms with van der Waals surface area (Å²) in [5, 5.41) is 11.5. The highest BCUT2D eigenvalue weighted by molar-refractivity contribution is 6.01. The molecule has 0 aromatic carbocycles. The van der Waals surface area contributed by atoms with Gasteiger partial charge >= 0.3 is 0 Å². The molecule has 0 aliphatic heterocycles. The lowest BCUT2D eigenvalue weighted by atomic mass is 10.0. The molecule has 0 aromatic heterocycles. The number of hydrogen-bond acceptors (Lipinski definition) is 3. The Morgan fingerprint density at radius 1 is 1.47 bits per heavy atom. The molecule has 5 nitrogen and oxygen atoms in total. The molecule has 3 N–H and O–H groups in total. The number of carbonyl (C=O) groups excluding carboxylic acids is 1. The smallest absolute Gasteiger partial charge is 0.233 e. The van der Waals surface area contributed by atoms with Crippen molar-refractivity contribution in [2.75, 3.05) is 7.05 Å². The third-order valence-corrected chi connectivity index (χ3v) is 2.78. The second-order valence-electron chi connectivity index (χ2n) is 3.69. The molecule has 0 aromatic rings. The van der Waals surface area contributed by atoms with Gasteiger partial charge in [-0.15, -0.1) is 0 Å². The van der Waals surface area contributed by atoms with E-state index in [1.54, 1.807) is 11.9 Å². The van der Waals surface area contributed by atoms with E-state index in [0.29, 0.717) is 6.42 Å². The van der Waals surface area contributed by atoms with Gasteiger partial charge in [0.1, 0.15) is 0 Å². The molecule has 0 fully saturated rings. The van der Waals surface area contributed by atoms with E-state index in [0.717, 1.165) is 6.42 Å². The van der Waals surface area contributed by atoms with Crippen LogP contribution in [-0.2, 0) is 4.79 Å². The zero-order valence-corrected chi connectivity index (χ0v) is 9.90. The summed E-state index contributed by atoms with van der Waals surface area (Å²) in [5.74, 6) is -0.631. The number of amidine groups is 1. The minimum atomic E-state index is -0.519. The number of carbonyl (C=O) groups is 1. The van der Waals surface area contributed by atoms with E-state index < -0.39 is 5.92 Å². The SMILES string of the molecule is CCC(C(=O)N(C)C(C)CC)C(N)=NO. The maximum absolute atomic E-state index is 11.9. The second kappa shape index (κ2) is 6.27. The average Bonchev–Trinajstić information content (AvgIpc) is 2.27. The zero-order chi connectivity index (χ0) is 12.0. The molecule has 0 aliphatic rings. The normalized spacial score (nSPS) is 15.9. The van der Waals surface area contributed by atoms with Crippen LogP contribution in [0.15, 0.2) is 5.16 Å². The van der Waals surface area contributed by atoms with Crippen LogP contribution in [0.3, 0.4) is 0 Å². The first kappa shape index (κ1) is 13.7. The lowest BCUT2D eigenvalue weighted by Crippen LogP contribution is -2.43. The molecule has 0 bridgehead atoms. The Kier molecular flexibility index (Phi) is 5.74. The topological polar surface area (TPSA) is 78.9 Å². The summed E-state index contributed by atoms with van der Waals surface area (Å²) in [7, 11) is 1.74. The van der Waals surface area contributed by atoms with Crippen molar-refractivity contribution in [3.8, 4) is 0 Å². The van der Waals surface area contributed by atoms with Crippen molar-refractivity contribution in [1.82, 2.24) is 4.90 Å². The Morgan fingerprint density at radius 3 is 2.33 bits per heavy atom. The van der Waals surface area contributed by atoms with Crippen LogP contribution >= 0.6 is 0 Å². The maximum atomic E-state index is 11.9. The van der Waals surface area contributed by atoms with Gasteiger partial charge in [-0.3, -0.25) is 4.79 Å². The predicted octanol–water partition coefficient (Wildman–Crippen LogP) is 1.02. The summed E-state index contributed by atoms with van der Waals surface area (Å²) in [6, 6.07) is 0.165. The van der Waals surface area contributed by atoms with Crippen molar-refractivity contribution in [1.29, 1.82) is 0 Å². The standard InChI is InChI=1S/C10H21N3O2/c1-5-7(3)13(4)10(14)8(6-2)9(11)12-15/h7-8,15H,5-6H2,1-4H3,(H2,11,12). The van der Waals surface area contributed by atoms with Gasteiger partial charge in [0, 0.05) is 13.1 Å². The molecular formula is C10H21N3O2. The Morgan fingerprint density at radius 2 is 2.00 bits per heavy atom. The van der Waals surface area contributed by atoms with Gasteiger partial charge < -0.3 is 15.8 Å². The number of oxime groups is 1. The number of rotatable bonds is 5. The molecule has 2 unspecified atom stereocenters. The van der Waals surface area contributed by atoms with Gasteiger partial charge in [0.25, 0.3) is 0 Å². The Labute approximate surface area is 90.9 Å². The summed E-state index contributed by atoms with van der Waals surface area (Å²) in [6.45, 7) is 5.82. The van der Waals surface area contributed by atoms with Crippen molar-refractivity contribution in [2.45, 2.75) is 39.7 Å². The molecular weight excluding hydrogens is 194 g/mol. The van der Waals surface area contributed by atoms with Gasteiger partial charge in [0.15, 0.2) is 5.84 Å². The largest absolute Gasteiger partial charge is 0.409 e. The Bertz CT molecular complexity index is 241. The van der Waals surface area contributed by atoms with E-state index in [9.17, 15) is 4.79 Å². The molecule has 0 aliphatic carbocycles. The molecule has 88 valence electrons. The van der Waals surface area contributed by atoms with Gasteiger partial charge in [-0.1, -0.05) is 19.0 Å². The molecule has 0 rings (SSSR count). The van der Waals surface area contributed by atoms with Crippen molar-refractivity contribution in [2.24, 2.45) is 16.8 Å². The summed E-state index contributed by atoms with van der Waals surface area (Å²) < 4.78 is 0. The minimum absolute atomic E-state index is 0.0161. The molecule has 1 amide bonds. The molecule has 0 heterocycles. The van der Waals surface area contributed by atoms with Crippen molar-refractivity contribution < 1.29 is 10.0 Å². The molecule has 15 heavy (non-hydrogen) atoms. The quantitative estimate of drug-likeness (QED) is 0.311. The minimum Gasteiger partial charge on any atom is -0.409 e. The first-order valence-corrected chi connectivity index (χ1v) is 5.23. The first-order valence-electron chi connectivity index (χ1n) is 5.23. The lowest BCUT2D eigenvalue weighted by molar-refractivity contribution is -0.134. The summed E-state index contributed by atoms with van der Waals surface area (Å²) in [5.41, 5.74) is 5.46. The monoisotopic (exact) mass is 215 g/mol. The van der Waals surface area contributed by atoms with Crippen LogP contribution in [-0.4, -0.2) is 34.9 Å². The fourth-order valence-corrected chi connectivity index (χ4v) is 1.32. The van der Waals surface area contributed by atoms with Crippen LogP contribution in [0.2, 0.25) is 0 Å². The van der Waals surface area contributed by atoms with E-state index in [-0.39, 0.29) is 17.8 Å². The maximum Gasteiger partial charge on any atom is 0.233 e. The molecule has 0 saturated heterocycles. The van der Waals surface area contributed by atoms with Crippen molar-refractivity contribution in [3.05, 3.63) is 0 Å². The van der Waals surface area contributed by atoms with Gasteiger partial charge in [-0.25, -0.2) is 0 Å². The fraction of sp³-hybridized carbons (Fsp3) is 0.800. The molecule has 0 spiro atoms. The van der Waals surface area contributed by atoms with E-state index in [4.69, 9.17) is 10.9 Å². The van der Waals surface area contributed by atoms with Crippen LogP contribution < -0.4 is 5.73 Å². The fourth-order valence-electron chi connectivity index (χ4n) is 1.32. The number of nitrogens with zero attached hydrogens (tertiary/aromatic N) is 2. The van der Waals surface area contributed by atoms with Crippen LogP contribution in [0, 0.1) is 5.92 Å². The van der Waals surface area contributed by atoms with Crippen molar-refractivity contribution in [3.63, 3.8) is 0 Å². The number of hydrogen-bond donors (Lipinski definition) is 2. The highest BCUT2D eigenvalue weighted by atomic mass is 16.4. The third-order valence-electron chi connectivity index (χ3n) is 2.78. The number of nitrogens with two attached hydrogens (primary N) is 1. The Balaban J connectivity index is 4.66. The second-order valence-corrected chi connectivity index (χ2v) is 3.69. The summed E-state index contributed by atoms with van der Waals surface area (Å²) in [6.07, 6.45) is 1.42.